The average Bonchev–Trinajstić information content (AvgIpc) is 3.17. The van der Waals surface area contributed by atoms with Crippen molar-refractivity contribution in [2.24, 2.45) is 0 Å². The number of pyridine rings is 1. The number of likely N-dealkylation sites (tertiary alicyclic amines) is 1. The van der Waals surface area contributed by atoms with Crippen molar-refractivity contribution in [1.29, 1.82) is 0 Å². The Kier molecular flexibility index (Phi) is 5.16. The lowest BCUT2D eigenvalue weighted by Gasteiger charge is -2.38. The van der Waals surface area contributed by atoms with E-state index in [1.807, 2.05) is 24.2 Å². The first kappa shape index (κ1) is 17.7. The normalized spacial score (nSPS) is 17.9. The number of benzene rings is 1. The summed E-state index contributed by atoms with van der Waals surface area (Å²) in [6.45, 7) is 2.77. The molecular formula is C21H25N5O. The summed E-state index contributed by atoms with van der Waals surface area (Å²) < 4.78 is 1.81. The molecule has 1 saturated heterocycles. The van der Waals surface area contributed by atoms with Crippen molar-refractivity contribution in [2.45, 2.75) is 31.8 Å². The first-order valence-corrected chi connectivity index (χ1v) is 9.53. The van der Waals surface area contributed by atoms with E-state index >= 15 is 0 Å². The van der Waals surface area contributed by atoms with Gasteiger partial charge >= 0.3 is 0 Å². The number of hydrogen-bond acceptors (Lipinski definition) is 4. The number of rotatable bonds is 5. The lowest BCUT2D eigenvalue weighted by Crippen LogP contribution is -2.46. The van der Waals surface area contributed by atoms with E-state index in [1.165, 1.54) is 18.4 Å². The highest BCUT2D eigenvalue weighted by Gasteiger charge is 2.25. The summed E-state index contributed by atoms with van der Waals surface area (Å²) in [4.78, 5) is 17.3. The van der Waals surface area contributed by atoms with Gasteiger partial charge in [-0.2, -0.15) is 0 Å². The molecule has 1 aliphatic heterocycles. The largest absolute Gasteiger partial charge is 0.340 e. The number of amides is 1. The molecule has 0 bridgehead atoms. The zero-order valence-electron chi connectivity index (χ0n) is 15.7. The number of piperidine rings is 1. The Bertz CT molecular complexity index is 907. The quantitative estimate of drug-likeness (QED) is 0.699. The fraction of sp³-hybridized carbons (Fsp3) is 0.381. The molecule has 0 radical (unpaired) electrons. The second-order valence-electron chi connectivity index (χ2n) is 7.30. The van der Waals surface area contributed by atoms with Gasteiger partial charge in [-0.05, 0) is 37.1 Å². The predicted molar refractivity (Wildman–Crippen MR) is 104 cm³/mol. The van der Waals surface area contributed by atoms with Gasteiger partial charge in [-0.15, -0.1) is 10.2 Å². The number of likely N-dealkylation sites (N-methyl/N-ethyl adjacent to an activating group) is 1. The van der Waals surface area contributed by atoms with Crippen LogP contribution in [0.4, 0.5) is 0 Å². The van der Waals surface area contributed by atoms with Gasteiger partial charge in [0.25, 0.3) is 5.91 Å². The molecule has 1 aliphatic rings. The third-order valence-electron chi connectivity index (χ3n) is 5.36. The maximum Gasteiger partial charge on any atom is 0.253 e. The third-order valence-corrected chi connectivity index (χ3v) is 5.36. The molecule has 1 fully saturated rings. The molecule has 1 aromatic carbocycles. The summed E-state index contributed by atoms with van der Waals surface area (Å²) in [7, 11) is 1.89. The Morgan fingerprint density at radius 1 is 1.22 bits per heavy atom. The first-order chi connectivity index (χ1) is 13.2. The number of carbonyl (C=O) groups is 1. The number of carbonyl (C=O) groups excluding carboxylic acids is 1. The van der Waals surface area contributed by atoms with Crippen molar-refractivity contribution in [3.05, 3.63) is 66.1 Å². The highest BCUT2D eigenvalue weighted by Crippen LogP contribution is 2.21. The molecule has 0 saturated carbocycles. The average molecular weight is 363 g/mol. The van der Waals surface area contributed by atoms with Crippen molar-refractivity contribution in [3.63, 3.8) is 0 Å². The molecule has 0 aliphatic carbocycles. The SMILES string of the molecule is CN(C[C@H]1CCCCN1Cc1ccccc1)C(=O)c1ccn2cnnc2c1. The van der Waals surface area contributed by atoms with Crippen molar-refractivity contribution >= 4 is 11.6 Å². The number of aromatic nitrogens is 3. The highest BCUT2D eigenvalue weighted by atomic mass is 16.2. The van der Waals surface area contributed by atoms with Gasteiger partial charge in [0.1, 0.15) is 6.33 Å². The van der Waals surface area contributed by atoms with Gasteiger partial charge in [-0.3, -0.25) is 14.1 Å². The van der Waals surface area contributed by atoms with E-state index in [1.54, 1.807) is 16.8 Å². The Morgan fingerprint density at radius 2 is 2.07 bits per heavy atom. The first-order valence-electron chi connectivity index (χ1n) is 9.53. The Labute approximate surface area is 159 Å². The Morgan fingerprint density at radius 3 is 2.93 bits per heavy atom. The van der Waals surface area contributed by atoms with Crippen LogP contribution < -0.4 is 0 Å². The number of fused-ring (bicyclic) bond motifs is 1. The van der Waals surface area contributed by atoms with Crippen LogP contribution in [-0.4, -0.2) is 56.5 Å². The third kappa shape index (κ3) is 4.01. The minimum atomic E-state index is 0.0331. The fourth-order valence-electron chi connectivity index (χ4n) is 3.86. The molecule has 6 heteroatoms. The van der Waals surface area contributed by atoms with Crippen LogP contribution in [0, 0.1) is 0 Å². The number of nitrogens with zero attached hydrogens (tertiary/aromatic N) is 5. The van der Waals surface area contributed by atoms with E-state index in [0.29, 0.717) is 17.3 Å². The van der Waals surface area contributed by atoms with Gasteiger partial charge in [-0.1, -0.05) is 36.8 Å². The molecule has 1 atom stereocenters. The summed E-state index contributed by atoms with van der Waals surface area (Å²) >= 11 is 0. The monoisotopic (exact) mass is 363 g/mol. The topological polar surface area (TPSA) is 53.7 Å². The summed E-state index contributed by atoms with van der Waals surface area (Å²) in [5, 5.41) is 7.90. The molecule has 6 nitrogen and oxygen atoms in total. The van der Waals surface area contributed by atoms with Crippen LogP contribution in [0.1, 0.15) is 35.2 Å². The smallest absolute Gasteiger partial charge is 0.253 e. The Balaban J connectivity index is 1.44. The second kappa shape index (κ2) is 7.88. The van der Waals surface area contributed by atoms with Crippen LogP contribution in [0.15, 0.2) is 55.0 Å². The van der Waals surface area contributed by atoms with Gasteiger partial charge in [-0.25, -0.2) is 0 Å². The second-order valence-corrected chi connectivity index (χ2v) is 7.30. The van der Waals surface area contributed by atoms with Crippen LogP contribution in [0.3, 0.4) is 0 Å². The standard InChI is InChI=1S/C21H25N5O/c1-24(21(27)18-10-12-26-16-22-23-20(26)13-18)15-19-9-5-6-11-25(19)14-17-7-3-2-4-8-17/h2-4,7-8,10,12-13,16,19H,5-6,9,11,14-15H2,1H3/t19-/m1/s1. The number of hydrogen-bond donors (Lipinski definition) is 0. The maximum atomic E-state index is 12.9. The fourth-order valence-corrected chi connectivity index (χ4v) is 3.86. The van der Waals surface area contributed by atoms with Crippen molar-refractivity contribution in [2.75, 3.05) is 20.1 Å². The van der Waals surface area contributed by atoms with Gasteiger partial charge in [0.2, 0.25) is 0 Å². The molecule has 0 spiro atoms. The van der Waals surface area contributed by atoms with Crippen LogP contribution in [0.25, 0.3) is 5.65 Å². The maximum absolute atomic E-state index is 12.9. The molecule has 140 valence electrons. The minimum Gasteiger partial charge on any atom is -0.340 e. The predicted octanol–water partition coefficient (Wildman–Crippen LogP) is 2.86. The molecular weight excluding hydrogens is 338 g/mol. The van der Waals surface area contributed by atoms with E-state index < -0.39 is 0 Å². The molecule has 4 rings (SSSR count). The molecule has 3 aromatic rings. The van der Waals surface area contributed by atoms with Crippen molar-refractivity contribution in [3.8, 4) is 0 Å². The summed E-state index contributed by atoms with van der Waals surface area (Å²) in [6.07, 6.45) is 7.05. The van der Waals surface area contributed by atoms with Crippen LogP contribution >= 0.6 is 0 Å². The lowest BCUT2D eigenvalue weighted by atomic mass is 10.0. The summed E-state index contributed by atoms with van der Waals surface area (Å²) in [6, 6.07) is 14.6. The zero-order valence-corrected chi connectivity index (χ0v) is 15.7. The van der Waals surface area contributed by atoms with Crippen LogP contribution in [0.5, 0.6) is 0 Å². The molecule has 0 unspecified atom stereocenters. The molecule has 1 amide bonds. The summed E-state index contributed by atoms with van der Waals surface area (Å²) in [5.74, 6) is 0.0331. The summed E-state index contributed by atoms with van der Waals surface area (Å²) in [5.41, 5.74) is 2.68. The molecule has 2 aromatic heterocycles. The van der Waals surface area contributed by atoms with E-state index in [9.17, 15) is 4.79 Å². The zero-order chi connectivity index (χ0) is 18.6. The van der Waals surface area contributed by atoms with E-state index in [4.69, 9.17) is 0 Å². The van der Waals surface area contributed by atoms with Gasteiger partial charge in [0, 0.05) is 37.9 Å². The molecule has 3 heterocycles. The van der Waals surface area contributed by atoms with Crippen molar-refractivity contribution < 1.29 is 4.79 Å². The van der Waals surface area contributed by atoms with Crippen LogP contribution in [0.2, 0.25) is 0 Å². The molecule has 27 heavy (non-hydrogen) atoms. The Hall–Kier alpha value is -2.73. The van der Waals surface area contributed by atoms with Gasteiger partial charge in [0.05, 0.1) is 0 Å². The molecule has 0 N–H and O–H groups in total. The van der Waals surface area contributed by atoms with E-state index in [2.05, 4.69) is 45.4 Å². The highest BCUT2D eigenvalue weighted by molar-refractivity contribution is 5.94. The lowest BCUT2D eigenvalue weighted by molar-refractivity contribution is 0.0670. The van der Waals surface area contributed by atoms with Crippen LogP contribution in [-0.2, 0) is 6.54 Å². The van der Waals surface area contributed by atoms with Gasteiger partial charge < -0.3 is 4.90 Å². The minimum absolute atomic E-state index is 0.0331. The van der Waals surface area contributed by atoms with E-state index in [-0.39, 0.29) is 5.91 Å². The van der Waals surface area contributed by atoms with Gasteiger partial charge in [0.15, 0.2) is 5.65 Å². The van der Waals surface area contributed by atoms with Crippen molar-refractivity contribution in [1.82, 2.24) is 24.4 Å². The van der Waals surface area contributed by atoms with E-state index in [0.717, 1.165) is 26.1 Å².